The summed E-state index contributed by atoms with van der Waals surface area (Å²) in [5, 5.41) is 8.85. The molecule has 3 rings (SSSR count). The summed E-state index contributed by atoms with van der Waals surface area (Å²) in [6.07, 6.45) is 7.57. The quantitative estimate of drug-likeness (QED) is 0.798. The molecule has 0 radical (unpaired) electrons. The second kappa shape index (κ2) is 2.79. The van der Waals surface area contributed by atoms with Crippen LogP contribution < -0.4 is 0 Å². The summed E-state index contributed by atoms with van der Waals surface area (Å²) < 4.78 is 1.68. The van der Waals surface area contributed by atoms with Crippen molar-refractivity contribution in [3.63, 3.8) is 0 Å². The van der Waals surface area contributed by atoms with Crippen LogP contribution in [0.3, 0.4) is 0 Å². The molecular formula is C10H9N3O2. The van der Waals surface area contributed by atoms with Crippen molar-refractivity contribution in [3.8, 4) is 0 Å². The Labute approximate surface area is 85.4 Å². The van der Waals surface area contributed by atoms with Crippen molar-refractivity contribution < 1.29 is 9.90 Å². The molecule has 0 aromatic carbocycles. The molecule has 2 heterocycles. The SMILES string of the molecule is O=C(O)c1ncn2cc(C3CC3)cnc12. The predicted octanol–water partition coefficient (Wildman–Crippen LogP) is 1.30. The molecule has 1 aliphatic carbocycles. The van der Waals surface area contributed by atoms with E-state index in [2.05, 4.69) is 9.97 Å². The second-order valence-corrected chi connectivity index (χ2v) is 3.79. The first-order valence-corrected chi connectivity index (χ1v) is 4.81. The monoisotopic (exact) mass is 203 g/mol. The number of nitrogens with zero attached hydrogens (tertiary/aromatic N) is 3. The van der Waals surface area contributed by atoms with E-state index >= 15 is 0 Å². The number of carboxylic acids is 1. The van der Waals surface area contributed by atoms with Gasteiger partial charge in [-0.1, -0.05) is 0 Å². The van der Waals surface area contributed by atoms with Crippen molar-refractivity contribution in [2.24, 2.45) is 0 Å². The maximum Gasteiger partial charge on any atom is 0.358 e. The van der Waals surface area contributed by atoms with Gasteiger partial charge in [0, 0.05) is 12.4 Å². The van der Waals surface area contributed by atoms with Crippen LogP contribution in [0.15, 0.2) is 18.7 Å². The number of hydrogen-bond donors (Lipinski definition) is 1. The zero-order valence-corrected chi connectivity index (χ0v) is 7.92. The van der Waals surface area contributed by atoms with Gasteiger partial charge in [-0.3, -0.25) is 4.40 Å². The van der Waals surface area contributed by atoms with E-state index in [1.165, 1.54) is 19.2 Å². The summed E-state index contributed by atoms with van der Waals surface area (Å²) in [4.78, 5) is 18.8. The zero-order valence-electron chi connectivity index (χ0n) is 7.92. The molecule has 76 valence electrons. The molecule has 2 aromatic rings. The van der Waals surface area contributed by atoms with Crippen molar-refractivity contribution in [3.05, 3.63) is 30.0 Å². The van der Waals surface area contributed by atoms with Crippen LogP contribution in [0.4, 0.5) is 0 Å². The zero-order chi connectivity index (χ0) is 10.4. The van der Waals surface area contributed by atoms with Crippen LogP contribution in [0, 0.1) is 0 Å². The molecule has 5 heteroatoms. The first-order valence-electron chi connectivity index (χ1n) is 4.81. The Kier molecular flexibility index (Phi) is 1.56. The Morgan fingerprint density at radius 3 is 2.93 bits per heavy atom. The molecule has 2 aromatic heterocycles. The average molecular weight is 203 g/mol. The number of hydrogen-bond acceptors (Lipinski definition) is 3. The number of carboxylic acid groups (broad SMARTS) is 1. The third kappa shape index (κ3) is 1.27. The minimum Gasteiger partial charge on any atom is -0.476 e. The third-order valence-electron chi connectivity index (χ3n) is 2.64. The third-order valence-corrected chi connectivity index (χ3v) is 2.64. The first-order chi connectivity index (χ1) is 7.25. The van der Waals surface area contributed by atoms with Crippen LogP contribution >= 0.6 is 0 Å². The standard InChI is InChI=1S/C10H9N3O2/c14-10(15)8-9-11-3-7(6-1-2-6)4-13(9)5-12-8/h3-6H,1-2H2,(H,14,15). The number of fused-ring (bicyclic) bond motifs is 1. The lowest BCUT2D eigenvalue weighted by Crippen LogP contribution is -1.99. The molecule has 5 nitrogen and oxygen atoms in total. The molecular weight excluding hydrogens is 194 g/mol. The van der Waals surface area contributed by atoms with Gasteiger partial charge in [0.05, 0.1) is 0 Å². The van der Waals surface area contributed by atoms with Gasteiger partial charge < -0.3 is 5.11 Å². The van der Waals surface area contributed by atoms with E-state index in [1.54, 1.807) is 10.6 Å². The fraction of sp³-hybridized carbons (Fsp3) is 0.300. The molecule has 15 heavy (non-hydrogen) atoms. The highest BCUT2D eigenvalue weighted by atomic mass is 16.4. The van der Waals surface area contributed by atoms with Crippen LogP contribution in [0.1, 0.15) is 34.8 Å². The van der Waals surface area contributed by atoms with E-state index in [-0.39, 0.29) is 5.69 Å². The van der Waals surface area contributed by atoms with Crippen LogP contribution in [0.5, 0.6) is 0 Å². The lowest BCUT2D eigenvalue weighted by Gasteiger charge is -1.98. The normalized spacial score (nSPS) is 15.7. The summed E-state index contributed by atoms with van der Waals surface area (Å²) in [5.41, 5.74) is 1.58. The van der Waals surface area contributed by atoms with Crippen molar-refractivity contribution in [2.75, 3.05) is 0 Å². The topological polar surface area (TPSA) is 67.5 Å². The van der Waals surface area contributed by atoms with Gasteiger partial charge in [-0.25, -0.2) is 14.8 Å². The summed E-state index contributed by atoms with van der Waals surface area (Å²) in [6, 6.07) is 0. The van der Waals surface area contributed by atoms with Crippen molar-refractivity contribution in [2.45, 2.75) is 18.8 Å². The Hall–Kier alpha value is -1.91. The Bertz CT molecular complexity index is 543. The number of rotatable bonds is 2. The number of aromatic carboxylic acids is 1. The maximum absolute atomic E-state index is 10.8. The van der Waals surface area contributed by atoms with Crippen molar-refractivity contribution >= 4 is 11.6 Å². The fourth-order valence-corrected chi connectivity index (χ4v) is 1.68. The van der Waals surface area contributed by atoms with Gasteiger partial charge >= 0.3 is 5.97 Å². The highest BCUT2D eigenvalue weighted by Gasteiger charge is 2.24. The van der Waals surface area contributed by atoms with E-state index in [1.807, 2.05) is 6.20 Å². The van der Waals surface area contributed by atoms with Crippen molar-refractivity contribution in [1.82, 2.24) is 14.4 Å². The van der Waals surface area contributed by atoms with Gasteiger partial charge in [-0.2, -0.15) is 0 Å². The Morgan fingerprint density at radius 2 is 2.27 bits per heavy atom. The maximum atomic E-state index is 10.8. The number of imidazole rings is 1. The van der Waals surface area contributed by atoms with Crippen LogP contribution in [0.2, 0.25) is 0 Å². The Morgan fingerprint density at radius 1 is 1.47 bits per heavy atom. The minimum absolute atomic E-state index is 0.0114. The lowest BCUT2D eigenvalue weighted by atomic mass is 10.2. The molecule has 1 fully saturated rings. The van der Waals surface area contributed by atoms with Crippen LogP contribution in [-0.2, 0) is 0 Å². The Balaban J connectivity index is 2.17. The largest absolute Gasteiger partial charge is 0.476 e. The van der Waals surface area contributed by atoms with Gasteiger partial charge in [0.1, 0.15) is 6.33 Å². The van der Waals surface area contributed by atoms with E-state index < -0.39 is 5.97 Å². The van der Waals surface area contributed by atoms with E-state index in [9.17, 15) is 4.79 Å². The molecule has 1 aliphatic rings. The molecule has 0 atom stereocenters. The van der Waals surface area contributed by atoms with Gasteiger partial charge in [0.2, 0.25) is 0 Å². The average Bonchev–Trinajstić information content (AvgIpc) is 2.97. The summed E-state index contributed by atoms with van der Waals surface area (Å²) in [7, 11) is 0. The fourth-order valence-electron chi connectivity index (χ4n) is 1.68. The van der Waals surface area contributed by atoms with Crippen LogP contribution in [-0.4, -0.2) is 25.4 Å². The highest BCUT2D eigenvalue weighted by Crippen LogP contribution is 2.39. The van der Waals surface area contributed by atoms with E-state index in [4.69, 9.17) is 5.11 Å². The molecule has 0 aliphatic heterocycles. The molecule has 0 saturated heterocycles. The van der Waals surface area contributed by atoms with E-state index in [0.29, 0.717) is 11.6 Å². The highest BCUT2D eigenvalue weighted by molar-refractivity contribution is 5.92. The van der Waals surface area contributed by atoms with Gasteiger partial charge in [0.15, 0.2) is 11.3 Å². The molecule has 0 spiro atoms. The smallest absolute Gasteiger partial charge is 0.358 e. The molecule has 0 bridgehead atoms. The van der Waals surface area contributed by atoms with Gasteiger partial charge in [-0.05, 0) is 24.3 Å². The van der Waals surface area contributed by atoms with E-state index in [0.717, 1.165) is 5.56 Å². The molecule has 0 amide bonds. The van der Waals surface area contributed by atoms with Gasteiger partial charge in [0.25, 0.3) is 0 Å². The molecule has 1 N–H and O–H groups in total. The lowest BCUT2D eigenvalue weighted by molar-refractivity contribution is 0.0693. The molecule has 1 saturated carbocycles. The summed E-state index contributed by atoms with van der Waals surface area (Å²) in [6.45, 7) is 0. The van der Waals surface area contributed by atoms with Crippen LogP contribution in [0.25, 0.3) is 5.65 Å². The van der Waals surface area contributed by atoms with Crippen molar-refractivity contribution in [1.29, 1.82) is 0 Å². The number of aromatic nitrogens is 3. The number of carbonyl (C=O) groups is 1. The van der Waals surface area contributed by atoms with Gasteiger partial charge in [-0.15, -0.1) is 0 Å². The summed E-state index contributed by atoms with van der Waals surface area (Å²) in [5.74, 6) is -0.429. The first kappa shape index (κ1) is 8.40. The second-order valence-electron chi connectivity index (χ2n) is 3.79. The minimum atomic E-state index is -1.04. The predicted molar refractivity (Wildman–Crippen MR) is 51.9 cm³/mol. The summed E-state index contributed by atoms with van der Waals surface area (Å²) >= 11 is 0. The molecule has 0 unspecified atom stereocenters.